The second kappa shape index (κ2) is 4.94. The van der Waals surface area contributed by atoms with Crippen LogP contribution < -0.4 is 0 Å². The molecule has 1 amide bonds. The van der Waals surface area contributed by atoms with Gasteiger partial charge in [-0.2, -0.15) is 5.11 Å². The number of carbonyl (C=O) groups excluding carboxylic acids is 1. The van der Waals surface area contributed by atoms with Crippen LogP contribution in [0.4, 0.5) is 0 Å². The molecule has 19 heavy (non-hydrogen) atoms. The van der Waals surface area contributed by atoms with Crippen molar-refractivity contribution in [2.45, 2.75) is 12.5 Å². The second-order valence-electron chi connectivity index (χ2n) is 4.45. The van der Waals surface area contributed by atoms with E-state index < -0.39 is 0 Å². The Morgan fingerprint density at radius 1 is 1.05 bits per heavy atom. The molecule has 0 aliphatic carbocycles. The minimum Gasteiger partial charge on any atom is -0.265 e. The molecule has 0 N–H and O–H groups in total. The Labute approximate surface area is 115 Å². The summed E-state index contributed by atoms with van der Waals surface area (Å²) in [6, 6.07) is 15.0. The highest BCUT2D eigenvalue weighted by atomic mass is 35.5. The van der Waals surface area contributed by atoms with E-state index in [1.165, 1.54) is 0 Å². The Morgan fingerprint density at radius 2 is 1.79 bits per heavy atom. The van der Waals surface area contributed by atoms with Gasteiger partial charge in [-0.3, -0.25) is 4.79 Å². The van der Waals surface area contributed by atoms with Gasteiger partial charge in [-0.25, -0.2) is 0 Å². The van der Waals surface area contributed by atoms with Gasteiger partial charge in [0, 0.05) is 17.0 Å². The van der Waals surface area contributed by atoms with Crippen LogP contribution in [0.5, 0.6) is 0 Å². The summed E-state index contributed by atoms with van der Waals surface area (Å²) in [6.07, 6.45) is 0.713. The fourth-order valence-corrected chi connectivity index (χ4v) is 2.34. The van der Waals surface area contributed by atoms with E-state index in [2.05, 4.69) is 10.2 Å². The number of hydrogen-bond acceptors (Lipinski definition) is 2. The molecule has 1 heterocycles. The molecular formula is C15H11ClN2O. The van der Waals surface area contributed by atoms with Crippen molar-refractivity contribution in [2.75, 3.05) is 0 Å². The number of fused-ring (bicyclic) bond motifs is 1. The summed E-state index contributed by atoms with van der Waals surface area (Å²) in [4.78, 5) is 11.7. The van der Waals surface area contributed by atoms with Crippen molar-refractivity contribution in [3.05, 3.63) is 70.2 Å². The topological polar surface area (TPSA) is 41.8 Å². The van der Waals surface area contributed by atoms with E-state index in [-0.39, 0.29) is 11.9 Å². The highest BCUT2D eigenvalue weighted by Gasteiger charge is 2.23. The van der Waals surface area contributed by atoms with Gasteiger partial charge in [-0.05, 0) is 29.3 Å². The first-order valence-electron chi connectivity index (χ1n) is 6.02. The quantitative estimate of drug-likeness (QED) is 0.805. The molecule has 2 aromatic rings. The van der Waals surface area contributed by atoms with E-state index in [4.69, 9.17) is 11.6 Å². The first-order chi connectivity index (χ1) is 9.24. The van der Waals surface area contributed by atoms with Gasteiger partial charge in [-0.15, -0.1) is 5.11 Å². The largest absolute Gasteiger partial charge is 0.295 e. The van der Waals surface area contributed by atoms with Crippen molar-refractivity contribution < 1.29 is 4.79 Å². The number of carbonyl (C=O) groups is 1. The molecule has 1 aliphatic heterocycles. The third kappa shape index (κ3) is 2.42. The average Bonchev–Trinajstić information content (AvgIpc) is 2.45. The Hall–Kier alpha value is -2.00. The van der Waals surface area contributed by atoms with Crippen molar-refractivity contribution in [2.24, 2.45) is 10.2 Å². The van der Waals surface area contributed by atoms with Gasteiger partial charge in [0.15, 0.2) is 0 Å². The van der Waals surface area contributed by atoms with Crippen LogP contribution in [0.1, 0.15) is 27.5 Å². The lowest BCUT2D eigenvalue weighted by Gasteiger charge is -2.18. The maximum Gasteiger partial charge on any atom is 0.295 e. The van der Waals surface area contributed by atoms with Crippen molar-refractivity contribution in [3.8, 4) is 0 Å². The summed E-state index contributed by atoms with van der Waals surface area (Å²) >= 11 is 5.87. The molecule has 1 atom stereocenters. The molecule has 0 aromatic heterocycles. The molecule has 3 rings (SSSR count). The molecule has 3 nitrogen and oxygen atoms in total. The molecule has 94 valence electrons. The standard InChI is InChI=1S/C15H11ClN2O/c16-11-7-5-10(6-8-11)9-14-12-3-1-2-4-13(12)15(19)18-17-14/h1-8,14H,9H2. The number of nitrogens with zero attached hydrogens (tertiary/aromatic N) is 2. The molecule has 0 bridgehead atoms. The molecule has 1 unspecified atom stereocenters. The Kier molecular flexibility index (Phi) is 3.13. The summed E-state index contributed by atoms with van der Waals surface area (Å²) in [5.41, 5.74) is 2.71. The third-order valence-corrected chi connectivity index (χ3v) is 3.43. The number of benzene rings is 2. The van der Waals surface area contributed by atoms with Crippen LogP contribution in [0.15, 0.2) is 58.8 Å². The Bertz CT molecular complexity index is 649. The van der Waals surface area contributed by atoms with Crippen LogP contribution in [0.25, 0.3) is 0 Å². The fourth-order valence-electron chi connectivity index (χ4n) is 2.22. The molecule has 0 saturated carbocycles. The Balaban J connectivity index is 1.92. The maximum absolute atomic E-state index is 11.7. The van der Waals surface area contributed by atoms with E-state index in [0.29, 0.717) is 17.0 Å². The second-order valence-corrected chi connectivity index (χ2v) is 4.89. The normalized spacial score (nSPS) is 17.3. The monoisotopic (exact) mass is 270 g/mol. The van der Waals surface area contributed by atoms with Gasteiger partial charge < -0.3 is 0 Å². The first kappa shape index (κ1) is 12.1. The highest BCUT2D eigenvalue weighted by molar-refractivity contribution is 6.30. The lowest BCUT2D eigenvalue weighted by molar-refractivity contribution is 0.0984. The Morgan fingerprint density at radius 3 is 2.58 bits per heavy atom. The SMILES string of the molecule is O=C1N=NC(Cc2ccc(Cl)cc2)c2ccccc21. The number of halogens is 1. The van der Waals surface area contributed by atoms with Gasteiger partial charge >= 0.3 is 0 Å². The van der Waals surface area contributed by atoms with Crippen molar-refractivity contribution in [1.82, 2.24) is 0 Å². The van der Waals surface area contributed by atoms with Gasteiger partial charge in [0.25, 0.3) is 5.91 Å². The summed E-state index contributed by atoms with van der Waals surface area (Å²) in [5.74, 6) is -0.261. The summed E-state index contributed by atoms with van der Waals surface area (Å²) in [7, 11) is 0. The van der Waals surface area contributed by atoms with Crippen LogP contribution in [-0.2, 0) is 6.42 Å². The van der Waals surface area contributed by atoms with Gasteiger partial charge in [0.1, 0.15) is 6.04 Å². The summed E-state index contributed by atoms with van der Waals surface area (Å²) in [5, 5.41) is 8.55. The van der Waals surface area contributed by atoms with Crippen LogP contribution in [-0.4, -0.2) is 5.91 Å². The zero-order chi connectivity index (χ0) is 13.2. The highest BCUT2D eigenvalue weighted by Crippen LogP contribution is 2.30. The molecular weight excluding hydrogens is 260 g/mol. The number of amides is 1. The zero-order valence-electron chi connectivity index (χ0n) is 10.1. The third-order valence-electron chi connectivity index (χ3n) is 3.18. The van der Waals surface area contributed by atoms with E-state index >= 15 is 0 Å². The van der Waals surface area contributed by atoms with E-state index in [1.54, 1.807) is 6.07 Å². The van der Waals surface area contributed by atoms with E-state index in [0.717, 1.165) is 11.1 Å². The maximum atomic E-state index is 11.7. The lowest BCUT2D eigenvalue weighted by atomic mass is 9.94. The predicted molar refractivity (Wildman–Crippen MR) is 73.5 cm³/mol. The molecule has 4 heteroatoms. The van der Waals surface area contributed by atoms with Crippen molar-refractivity contribution >= 4 is 17.5 Å². The van der Waals surface area contributed by atoms with Crippen LogP contribution in [0, 0.1) is 0 Å². The van der Waals surface area contributed by atoms with Crippen LogP contribution >= 0.6 is 11.6 Å². The summed E-state index contributed by atoms with van der Waals surface area (Å²) in [6.45, 7) is 0. The molecule has 0 spiro atoms. The fraction of sp³-hybridized carbons (Fsp3) is 0.133. The van der Waals surface area contributed by atoms with E-state index in [1.807, 2.05) is 42.5 Å². The van der Waals surface area contributed by atoms with Gasteiger partial charge in [0.05, 0.1) is 0 Å². The zero-order valence-corrected chi connectivity index (χ0v) is 10.8. The minimum atomic E-state index is -0.261. The molecule has 0 fully saturated rings. The summed E-state index contributed by atoms with van der Waals surface area (Å²) < 4.78 is 0. The van der Waals surface area contributed by atoms with Gasteiger partial charge in [-0.1, -0.05) is 41.9 Å². The lowest BCUT2D eigenvalue weighted by Crippen LogP contribution is -2.11. The van der Waals surface area contributed by atoms with E-state index in [9.17, 15) is 4.79 Å². The molecule has 1 aliphatic rings. The predicted octanol–water partition coefficient (Wildman–Crippen LogP) is 4.23. The number of hydrogen-bond donors (Lipinski definition) is 0. The molecule has 0 saturated heterocycles. The smallest absolute Gasteiger partial charge is 0.265 e. The minimum absolute atomic E-state index is 0.102. The van der Waals surface area contributed by atoms with Crippen molar-refractivity contribution in [1.29, 1.82) is 0 Å². The van der Waals surface area contributed by atoms with Gasteiger partial charge in [0.2, 0.25) is 0 Å². The first-order valence-corrected chi connectivity index (χ1v) is 6.40. The molecule has 2 aromatic carbocycles. The van der Waals surface area contributed by atoms with Crippen molar-refractivity contribution in [3.63, 3.8) is 0 Å². The van der Waals surface area contributed by atoms with Crippen LogP contribution in [0.2, 0.25) is 5.02 Å². The molecule has 0 radical (unpaired) electrons. The number of rotatable bonds is 2. The average molecular weight is 271 g/mol. The number of azo groups is 1. The van der Waals surface area contributed by atoms with Crippen LogP contribution in [0.3, 0.4) is 0 Å².